The zero-order valence-electron chi connectivity index (χ0n) is 13.1. The van der Waals surface area contributed by atoms with Crippen molar-refractivity contribution in [2.24, 2.45) is 0 Å². The Bertz CT molecular complexity index is 506. The van der Waals surface area contributed by atoms with Crippen LogP contribution in [0.5, 0.6) is 5.75 Å². The van der Waals surface area contributed by atoms with E-state index in [1.165, 1.54) is 7.11 Å². The largest absolute Gasteiger partial charge is 0.494 e. The third kappa shape index (κ3) is 2.95. The smallest absolute Gasteiger partial charge is 0.186 e. The number of carbonyl (C=O) groups is 1. The highest BCUT2D eigenvalue weighted by atomic mass is 19.1. The van der Waals surface area contributed by atoms with Gasteiger partial charge in [-0.1, -0.05) is 31.7 Å². The van der Waals surface area contributed by atoms with Gasteiger partial charge >= 0.3 is 0 Å². The lowest BCUT2D eigenvalue weighted by Crippen LogP contribution is -2.51. The standard InChI is InChI=1S/C17H24FNO2/c1-19(2)17(11-6-4-5-7-12-17)16(20)13-9-8-10-14(21-3)15(13)18/h8-10H,4-7,11-12H2,1-3H3. The first-order chi connectivity index (χ1) is 10.0. The van der Waals surface area contributed by atoms with Crippen LogP contribution in [0, 0.1) is 5.82 Å². The SMILES string of the molecule is COc1cccc(C(=O)C2(N(C)C)CCCCCC2)c1F. The molecule has 1 fully saturated rings. The normalized spacial score (nSPS) is 18.3. The van der Waals surface area contributed by atoms with Crippen molar-refractivity contribution in [3.05, 3.63) is 29.6 Å². The highest BCUT2D eigenvalue weighted by Gasteiger charge is 2.42. The fourth-order valence-electron chi connectivity index (χ4n) is 3.29. The summed E-state index contributed by atoms with van der Waals surface area (Å²) in [7, 11) is 5.25. The second-order valence-electron chi connectivity index (χ2n) is 5.99. The molecule has 1 saturated carbocycles. The van der Waals surface area contributed by atoms with Gasteiger partial charge in [0.2, 0.25) is 0 Å². The molecule has 0 aromatic heterocycles. The van der Waals surface area contributed by atoms with Gasteiger partial charge in [-0.2, -0.15) is 0 Å². The number of methoxy groups -OCH3 is 1. The van der Waals surface area contributed by atoms with Crippen molar-refractivity contribution in [1.29, 1.82) is 0 Å². The third-order valence-corrected chi connectivity index (χ3v) is 4.64. The molecule has 0 unspecified atom stereocenters. The van der Waals surface area contributed by atoms with Gasteiger partial charge in [-0.3, -0.25) is 9.69 Å². The molecule has 2 rings (SSSR count). The summed E-state index contributed by atoms with van der Waals surface area (Å²) in [5, 5.41) is 0. The molecular weight excluding hydrogens is 269 g/mol. The second-order valence-corrected chi connectivity index (χ2v) is 5.99. The van der Waals surface area contributed by atoms with Gasteiger partial charge < -0.3 is 4.74 Å². The molecule has 116 valence electrons. The van der Waals surface area contributed by atoms with Crippen molar-refractivity contribution in [2.75, 3.05) is 21.2 Å². The number of hydrogen-bond acceptors (Lipinski definition) is 3. The average Bonchev–Trinajstić information content (AvgIpc) is 2.73. The maximum absolute atomic E-state index is 14.4. The zero-order chi connectivity index (χ0) is 15.5. The average molecular weight is 293 g/mol. The van der Waals surface area contributed by atoms with Crippen molar-refractivity contribution >= 4 is 5.78 Å². The number of benzene rings is 1. The number of ketones is 1. The predicted molar refractivity (Wildman–Crippen MR) is 81.4 cm³/mol. The Morgan fingerprint density at radius 1 is 1.19 bits per heavy atom. The zero-order valence-corrected chi connectivity index (χ0v) is 13.1. The first-order valence-electron chi connectivity index (χ1n) is 7.57. The molecule has 1 aliphatic rings. The molecule has 21 heavy (non-hydrogen) atoms. The van der Waals surface area contributed by atoms with Gasteiger partial charge in [-0.05, 0) is 39.1 Å². The number of nitrogens with zero attached hydrogens (tertiary/aromatic N) is 1. The summed E-state index contributed by atoms with van der Waals surface area (Å²) >= 11 is 0. The molecule has 0 N–H and O–H groups in total. The molecule has 0 amide bonds. The van der Waals surface area contributed by atoms with Gasteiger partial charge in [0.1, 0.15) is 0 Å². The number of Topliss-reactive ketones (excluding diaryl/α,β-unsaturated/α-hetero) is 1. The Labute approximate surface area is 126 Å². The van der Waals surface area contributed by atoms with Crippen molar-refractivity contribution in [3.63, 3.8) is 0 Å². The quantitative estimate of drug-likeness (QED) is 0.626. The van der Waals surface area contributed by atoms with E-state index in [1.807, 2.05) is 19.0 Å². The number of halogens is 1. The van der Waals surface area contributed by atoms with Crippen molar-refractivity contribution in [3.8, 4) is 5.75 Å². The van der Waals surface area contributed by atoms with Crippen molar-refractivity contribution in [1.82, 2.24) is 4.90 Å². The first-order valence-corrected chi connectivity index (χ1v) is 7.57. The lowest BCUT2D eigenvalue weighted by atomic mass is 9.81. The van der Waals surface area contributed by atoms with E-state index in [0.717, 1.165) is 38.5 Å². The minimum absolute atomic E-state index is 0.120. The van der Waals surface area contributed by atoms with Crippen molar-refractivity contribution < 1.29 is 13.9 Å². The number of likely N-dealkylation sites (N-methyl/N-ethyl adjacent to an activating group) is 1. The highest BCUT2D eigenvalue weighted by molar-refractivity contribution is 6.03. The van der Waals surface area contributed by atoms with Crippen LogP contribution in [-0.2, 0) is 0 Å². The molecule has 1 aromatic rings. The maximum atomic E-state index is 14.4. The lowest BCUT2D eigenvalue weighted by molar-refractivity contribution is 0.0630. The molecule has 1 aromatic carbocycles. The third-order valence-electron chi connectivity index (χ3n) is 4.64. The number of hydrogen-bond donors (Lipinski definition) is 0. The Kier molecular flexibility index (Phi) is 4.99. The molecule has 0 atom stereocenters. The molecule has 0 spiro atoms. The summed E-state index contributed by atoms with van der Waals surface area (Å²) in [4.78, 5) is 15.0. The molecule has 0 bridgehead atoms. The summed E-state index contributed by atoms with van der Waals surface area (Å²) in [6, 6.07) is 4.78. The van der Waals surface area contributed by atoms with E-state index in [2.05, 4.69) is 0 Å². The summed E-state index contributed by atoms with van der Waals surface area (Å²) < 4.78 is 19.4. The van der Waals surface area contributed by atoms with Crippen LogP contribution >= 0.6 is 0 Å². The maximum Gasteiger partial charge on any atom is 0.186 e. The molecule has 0 radical (unpaired) electrons. The van der Waals surface area contributed by atoms with E-state index in [-0.39, 0.29) is 17.1 Å². The second kappa shape index (κ2) is 6.56. The molecule has 4 heteroatoms. The summed E-state index contributed by atoms with van der Waals surface area (Å²) in [5.41, 5.74) is -0.450. The van der Waals surface area contributed by atoms with Crippen LogP contribution in [-0.4, -0.2) is 37.4 Å². The highest BCUT2D eigenvalue weighted by Crippen LogP contribution is 2.35. The van der Waals surface area contributed by atoms with Gasteiger partial charge in [-0.15, -0.1) is 0 Å². The van der Waals surface area contributed by atoms with E-state index in [4.69, 9.17) is 4.74 Å². The first kappa shape index (κ1) is 16.0. The Balaban J connectivity index is 2.43. The Hall–Kier alpha value is -1.42. The van der Waals surface area contributed by atoms with Gasteiger partial charge in [0.15, 0.2) is 17.3 Å². The van der Waals surface area contributed by atoms with Crippen LogP contribution in [0.3, 0.4) is 0 Å². The van der Waals surface area contributed by atoms with Crippen LogP contribution in [0.15, 0.2) is 18.2 Å². The number of rotatable bonds is 4. The Morgan fingerprint density at radius 2 is 1.81 bits per heavy atom. The molecule has 0 heterocycles. The van der Waals surface area contributed by atoms with Gasteiger partial charge in [0.05, 0.1) is 18.2 Å². The monoisotopic (exact) mass is 293 g/mol. The molecule has 3 nitrogen and oxygen atoms in total. The Morgan fingerprint density at radius 3 is 2.33 bits per heavy atom. The van der Waals surface area contributed by atoms with E-state index in [0.29, 0.717) is 0 Å². The van der Waals surface area contributed by atoms with Gasteiger partial charge in [0, 0.05) is 0 Å². The fraction of sp³-hybridized carbons (Fsp3) is 0.588. The summed E-state index contributed by atoms with van der Waals surface area (Å²) in [5.74, 6) is -0.537. The summed E-state index contributed by atoms with van der Waals surface area (Å²) in [6.45, 7) is 0. The van der Waals surface area contributed by atoms with E-state index < -0.39 is 11.4 Å². The van der Waals surface area contributed by atoms with E-state index in [9.17, 15) is 9.18 Å². The number of carbonyl (C=O) groups excluding carboxylic acids is 1. The van der Waals surface area contributed by atoms with Crippen LogP contribution in [0.2, 0.25) is 0 Å². The van der Waals surface area contributed by atoms with Crippen LogP contribution in [0.25, 0.3) is 0 Å². The fourth-order valence-corrected chi connectivity index (χ4v) is 3.29. The van der Waals surface area contributed by atoms with Gasteiger partial charge in [-0.25, -0.2) is 4.39 Å². The van der Waals surface area contributed by atoms with Crippen molar-refractivity contribution in [2.45, 2.75) is 44.1 Å². The van der Waals surface area contributed by atoms with Crippen LogP contribution in [0.4, 0.5) is 4.39 Å². The predicted octanol–water partition coefficient (Wildman–Crippen LogP) is 3.67. The molecule has 0 aliphatic heterocycles. The minimum Gasteiger partial charge on any atom is -0.494 e. The van der Waals surface area contributed by atoms with Crippen LogP contribution < -0.4 is 4.74 Å². The molecule has 0 saturated heterocycles. The topological polar surface area (TPSA) is 29.5 Å². The van der Waals surface area contributed by atoms with E-state index in [1.54, 1.807) is 18.2 Å². The van der Waals surface area contributed by atoms with E-state index >= 15 is 0 Å². The molecular formula is C17H24FNO2. The minimum atomic E-state index is -0.594. The number of ether oxygens (including phenoxy) is 1. The van der Waals surface area contributed by atoms with Crippen LogP contribution in [0.1, 0.15) is 48.9 Å². The summed E-state index contributed by atoms with van der Waals surface area (Å²) in [6.07, 6.45) is 5.88. The molecule has 1 aliphatic carbocycles. The lowest BCUT2D eigenvalue weighted by Gasteiger charge is -2.38. The van der Waals surface area contributed by atoms with Gasteiger partial charge in [0.25, 0.3) is 0 Å².